The highest BCUT2D eigenvalue weighted by molar-refractivity contribution is 7.92. The van der Waals surface area contributed by atoms with Crippen molar-refractivity contribution in [2.75, 3.05) is 23.7 Å². The Morgan fingerprint density at radius 2 is 1.50 bits per heavy atom. The minimum atomic E-state index is -3.58. The predicted octanol–water partition coefficient (Wildman–Crippen LogP) is 4.78. The number of anilines is 1. The molecule has 214 valence electrons. The lowest BCUT2D eigenvalue weighted by Gasteiger charge is -2.32. The summed E-state index contributed by atoms with van der Waals surface area (Å²) in [6.07, 6.45) is 1.59. The molecule has 0 saturated heterocycles. The van der Waals surface area contributed by atoms with Crippen molar-refractivity contribution < 1.29 is 22.4 Å². The zero-order valence-corrected chi connectivity index (χ0v) is 24.1. The molecule has 1 atom stereocenters. The van der Waals surface area contributed by atoms with Gasteiger partial charge in [0.2, 0.25) is 21.8 Å². The molecule has 0 aliphatic carbocycles. The van der Waals surface area contributed by atoms with Crippen LogP contribution < -0.4 is 9.62 Å². The third-order valence-corrected chi connectivity index (χ3v) is 7.64. The summed E-state index contributed by atoms with van der Waals surface area (Å²) in [6.45, 7) is 4.40. The normalized spacial score (nSPS) is 12.1. The van der Waals surface area contributed by atoms with Gasteiger partial charge in [-0.05, 0) is 36.1 Å². The molecule has 0 aromatic heterocycles. The number of rotatable bonds is 14. The minimum absolute atomic E-state index is 0.0178. The maximum Gasteiger partial charge on any atom is 0.243 e. The van der Waals surface area contributed by atoms with Gasteiger partial charge in [0.05, 0.1) is 11.9 Å². The van der Waals surface area contributed by atoms with Crippen LogP contribution in [0, 0.1) is 11.7 Å². The first-order valence-electron chi connectivity index (χ1n) is 13.4. The number of benzene rings is 3. The van der Waals surface area contributed by atoms with Crippen molar-refractivity contribution >= 4 is 27.5 Å². The van der Waals surface area contributed by atoms with Crippen molar-refractivity contribution in [2.45, 2.75) is 45.7 Å². The third kappa shape index (κ3) is 9.19. The Balaban J connectivity index is 1.88. The molecule has 0 unspecified atom stereocenters. The molecule has 2 amide bonds. The summed E-state index contributed by atoms with van der Waals surface area (Å²) in [4.78, 5) is 28.7. The van der Waals surface area contributed by atoms with E-state index in [9.17, 15) is 22.4 Å². The van der Waals surface area contributed by atoms with Gasteiger partial charge < -0.3 is 10.2 Å². The fourth-order valence-corrected chi connectivity index (χ4v) is 5.35. The van der Waals surface area contributed by atoms with E-state index >= 15 is 0 Å². The topological polar surface area (TPSA) is 86.8 Å². The van der Waals surface area contributed by atoms with E-state index in [0.717, 1.165) is 11.8 Å². The molecule has 0 aliphatic heterocycles. The van der Waals surface area contributed by atoms with Crippen LogP contribution in [0.1, 0.15) is 37.8 Å². The zero-order valence-electron chi connectivity index (χ0n) is 23.3. The fourth-order valence-electron chi connectivity index (χ4n) is 4.38. The van der Waals surface area contributed by atoms with Gasteiger partial charge in [0.15, 0.2) is 0 Å². The molecule has 0 radical (unpaired) electrons. The van der Waals surface area contributed by atoms with E-state index in [1.54, 1.807) is 48.5 Å². The van der Waals surface area contributed by atoms with Gasteiger partial charge >= 0.3 is 0 Å². The lowest BCUT2D eigenvalue weighted by molar-refractivity contribution is -0.141. The maximum absolute atomic E-state index is 14.7. The second-order valence-corrected chi connectivity index (χ2v) is 12.1. The maximum atomic E-state index is 14.7. The Labute approximate surface area is 237 Å². The first-order valence-corrected chi connectivity index (χ1v) is 15.3. The Bertz CT molecular complexity index is 1350. The number of amides is 2. The van der Waals surface area contributed by atoms with Gasteiger partial charge in [-0.1, -0.05) is 80.6 Å². The number of halogens is 1. The fraction of sp³-hybridized carbons (Fsp3) is 0.355. The highest BCUT2D eigenvalue weighted by Crippen LogP contribution is 2.20. The average molecular weight is 568 g/mol. The lowest BCUT2D eigenvalue weighted by atomic mass is 10.0. The van der Waals surface area contributed by atoms with E-state index in [0.29, 0.717) is 17.8 Å². The van der Waals surface area contributed by atoms with Crippen LogP contribution in [0.25, 0.3) is 0 Å². The van der Waals surface area contributed by atoms with Crippen molar-refractivity contribution in [3.63, 3.8) is 0 Å². The quantitative estimate of drug-likeness (QED) is 0.304. The van der Waals surface area contributed by atoms with E-state index in [4.69, 9.17) is 0 Å². The molecule has 0 fully saturated rings. The van der Waals surface area contributed by atoms with E-state index in [1.807, 2.05) is 44.2 Å². The van der Waals surface area contributed by atoms with Crippen LogP contribution >= 0.6 is 0 Å². The minimum Gasteiger partial charge on any atom is -0.354 e. The molecular weight excluding hydrogens is 529 g/mol. The second-order valence-electron chi connectivity index (χ2n) is 10.2. The zero-order chi connectivity index (χ0) is 29.1. The predicted molar refractivity (Wildman–Crippen MR) is 157 cm³/mol. The van der Waals surface area contributed by atoms with Gasteiger partial charge in [0.25, 0.3) is 0 Å². The highest BCUT2D eigenvalue weighted by Gasteiger charge is 2.31. The molecule has 3 rings (SSSR count). The van der Waals surface area contributed by atoms with Gasteiger partial charge in [-0.2, -0.15) is 0 Å². The summed E-state index contributed by atoms with van der Waals surface area (Å²) >= 11 is 0. The molecule has 40 heavy (non-hydrogen) atoms. The number of para-hydroxylation sites is 1. The van der Waals surface area contributed by atoms with Crippen molar-refractivity contribution in [3.8, 4) is 0 Å². The Morgan fingerprint density at radius 3 is 2.10 bits per heavy atom. The summed E-state index contributed by atoms with van der Waals surface area (Å²) in [5.74, 6) is -0.930. The molecule has 0 heterocycles. The molecular formula is C31H38FN3O4S. The molecule has 1 N–H and O–H groups in total. The summed E-state index contributed by atoms with van der Waals surface area (Å²) in [5.41, 5.74) is 1.68. The largest absolute Gasteiger partial charge is 0.354 e. The summed E-state index contributed by atoms with van der Waals surface area (Å²) in [7, 11) is -3.58. The van der Waals surface area contributed by atoms with Crippen LogP contribution in [0.5, 0.6) is 0 Å². The number of carbonyl (C=O) groups excluding carboxylic acids is 2. The molecule has 0 aliphatic rings. The second kappa shape index (κ2) is 14.6. The van der Waals surface area contributed by atoms with E-state index < -0.39 is 21.9 Å². The van der Waals surface area contributed by atoms with Crippen LogP contribution in [0.2, 0.25) is 0 Å². The van der Waals surface area contributed by atoms with Crippen LogP contribution in [0.4, 0.5) is 10.1 Å². The lowest BCUT2D eigenvalue weighted by Crippen LogP contribution is -2.51. The van der Waals surface area contributed by atoms with E-state index in [1.165, 1.54) is 15.3 Å². The molecule has 0 spiro atoms. The monoisotopic (exact) mass is 567 g/mol. The number of nitrogens with zero attached hydrogens (tertiary/aromatic N) is 2. The first-order chi connectivity index (χ1) is 19.1. The van der Waals surface area contributed by atoms with Gasteiger partial charge in [-0.25, -0.2) is 12.8 Å². The number of nitrogens with one attached hydrogen (secondary N) is 1. The van der Waals surface area contributed by atoms with Gasteiger partial charge in [-0.15, -0.1) is 0 Å². The van der Waals surface area contributed by atoms with E-state index in [-0.39, 0.29) is 50.1 Å². The molecule has 0 saturated carbocycles. The number of hydrogen-bond acceptors (Lipinski definition) is 4. The Kier molecular flexibility index (Phi) is 11.3. The van der Waals surface area contributed by atoms with Crippen LogP contribution in [0.15, 0.2) is 84.9 Å². The summed E-state index contributed by atoms with van der Waals surface area (Å²) in [5, 5.41) is 2.94. The molecule has 3 aromatic rings. The third-order valence-electron chi connectivity index (χ3n) is 6.45. The van der Waals surface area contributed by atoms with Crippen molar-refractivity contribution in [2.24, 2.45) is 5.92 Å². The smallest absolute Gasteiger partial charge is 0.243 e. The Morgan fingerprint density at radius 1 is 0.900 bits per heavy atom. The standard InChI is InChI=1S/C31H38FN3O4S/c1-24(2)22-33-31(37)29(21-25-13-6-4-7-14-25)34(23-26-15-10-11-18-28(26)32)30(36)19-12-20-35(40(3,38)39)27-16-8-5-9-17-27/h4-11,13-18,24,29H,12,19-23H2,1-3H3,(H,33,37)/t29-/m1/s1. The number of hydrogen-bond donors (Lipinski definition) is 1. The molecule has 0 bridgehead atoms. The van der Waals surface area contributed by atoms with Crippen molar-refractivity contribution in [3.05, 3.63) is 102 Å². The van der Waals surface area contributed by atoms with Gasteiger partial charge in [0.1, 0.15) is 11.9 Å². The Hall–Kier alpha value is -3.72. The highest BCUT2D eigenvalue weighted by atomic mass is 32.2. The molecule has 7 nitrogen and oxygen atoms in total. The van der Waals surface area contributed by atoms with Crippen LogP contribution in [-0.4, -0.2) is 50.5 Å². The molecule has 9 heteroatoms. The summed E-state index contributed by atoms with van der Waals surface area (Å²) in [6, 6.07) is 23.4. The number of carbonyl (C=O) groups is 2. The van der Waals surface area contributed by atoms with E-state index in [2.05, 4.69) is 5.32 Å². The van der Waals surface area contributed by atoms with Crippen molar-refractivity contribution in [1.29, 1.82) is 0 Å². The first kappa shape index (κ1) is 30.8. The summed E-state index contributed by atoms with van der Waals surface area (Å²) < 4.78 is 41.0. The van der Waals surface area contributed by atoms with Crippen LogP contribution in [-0.2, 0) is 32.6 Å². The van der Waals surface area contributed by atoms with Gasteiger partial charge in [0, 0.05) is 38.0 Å². The SMILES string of the molecule is CC(C)CNC(=O)[C@@H](Cc1ccccc1)N(Cc1ccccc1F)C(=O)CCCN(c1ccccc1)S(C)(=O)=O. The number of sulfonamides is 1. The molecule has 3 aromatic carbocycles. The average Bonchev–Trinajstić information content (AvgIpc) is 2.92. The van der Waals surface area contributed by atoms with Crippen LogP contribution in [0.3, 0.4) is 0 Å². The van der Waals surface area contributed by atoms with Gasteiger partial charge in [-0.3, -0.25) is 13.9 Å². The van der Waals surface area contributed by atoms with Crippen molar-refractivity contribution in [1.82, 2.24) is 10.2 Å².